The Hall–Kier alpha value is -1.69. The van der Waals surface area contributed by atoms with Crippen LogP contribution in [0.4, 0.5) is 10.2 Å². The molecule has 0 saturated heterocycles. The Morgan fingerprint density at radius 1 is 1.50 bits per heavy atom. The number of hydrogen-bond donors (Lipinski definition) is 2. The molecular weight excluding hydrogens is 235 g/mol. The molecule has 0 spiro atoms. The molecule has 0 unspecified atom stereocenters. The summed E-state index contributed by atoms with van der Waals surface area (Å²) in [6.45, 7) is 3.74. The van der Waals surface area contributed by atoms with Crippen LogP contribution in [0.5, 0.6) is 0 Å². The summed E-state index contributed by atoms with van der Waals surface area (Å²) in [5.41, 5.74) is 0.232. The third kappa shape index (κ3) is 4.29. The van der Waals surface area contributed by atoms with Gasteiger partial charge in [0.2, 0.25) is 0 Å². The first-order valence-electron chi connectivity index (χ1n) is 5.87. The zero-order valence-corrected chi connectivity index (χ0v) is 11.0. The zero-order valence-electron chi connectivity index (χ0n) is 11.0. The first kappa shape index (κ1) is 14.4. The van der Waals surface area contributed by atoms with E-state index in [-0.39, 0.29) is 11.5 Å². The highest BCUT2D eigenvalue weighted by molar-refractivity contribution is 5.98. The molecule has 2 N–H and O–H groups in total. The van der Waals surface area contributed by atoms with Crippen molar-refractivity contribution in [3.05, 3.63) is 23.6 Å². The molecule has 18 heavy (non-hydrogen) atoms. The van der Waals surface area contributed by atoms with Gasteiger partial charge in [0.05, 0.1) is 11.8 Å². The molecule has 0 aromatic carbocycles. The Bertz CT molecular complexity index is 409. The maximum absolute atomic E-state index is 13.1. The second-order valence-electron chi connectivity index (χ2n) is 4.14. The molecule has 1 amide bonds. The second-order valence-corrected chi connectivity index (χ2v) is 4.14. The van der Waals surface area contributed by atoms with Crippen molar-refractivity contribution in [3.63, 3.8) is 0 Å². The van der Waals surface area contributed by atoms with E-state index in [0.717, 1.165) is 12.7 Å². The van der Waals surface area contributed by atoms with E-state index in [9.17, 15) is 9.18 Å². The van der Waals surface area contributed by atoms with Crippen molar-refractivity contribution >= 4 is 11.7 Å². The molecule has 0 atom stereocenters. The molecule has 0 aliphatic rings. The summed E-state index contributed by atoms with van der Waals surface area (Å²) < 4.78 is 13.1. The van der Waals surface area contributed by atoms with Gasteiger partial charge in [-0.3, -0.25) is 4.79 Å². The number of carbonyl (C=O) groups excluding carboxylic acids is 1. The van der Waals surface area contributed by atoms with Crippen LogP contribution in [-0.4, -0.2) is 49.5 Å². The van der Waals surface area contributed by atoms with Crippen LogP contribution in [-0.2, 0) is 0 Å². The molecule has 0 aliphatic carbocycles. The first-order valence-corrected chi connectivity index (χ1v) is 5.87. The predicted molar refractivity (Wildman–Crippen MR) is 69.2 cm³/mol. The van der Waals surface area contributed by atoms with Crippen LogP contribution in [0.2, 0.25) is 0 Å². The van der Waals surface area contributed by atoms with E-state index in [1.165, 1.54) is 6.07 Å². The van der Waals surface area contributed by atoms with Gasteiger partial charge in [-0.05, 0) is 27.1 Å². The molecule has 0 aliphatic heterocycles. The quantitative estimate of drug-likeness (QED) is 0.793. The van der Waals surface area contributed by atoms with E-state index < -0.39 is 5.82 Å². The normalized spacial score (nSPS) is 10.5. The highest BCUT2D eigenvalue weighted by Crippen LogP contribution is 2.13. The Morgan fingerprint density at radius 2 is 2.22 bits per heavy atom. The number of nitrogens with zero attached hydrogens (tertiary/aromatic N) is 2. The van der Waals surface area contributed by atoms with E-state index in [2.05, 4.69) is 15.6 Å². The summed E-state index contributed by atoms with van der Waals surface area (Å²) >= 11 is 0. The Labute approximate surface area is 106 Å². The molecule has 6 heteroatoms. The minimum Gasteiger partial charge on any atom is -0.370 e. The number of hydrogen-bond acceptors (Lipinski definition) is 4. The maximum Gasteiger partial charge on any atom is 0.255 e. The summed E-state index contributed by atoms with van der Waals surface area (Å²) in [4.78, 5) is 17.7. The fourth-order valence-electron chi connectivity index (χ4n) is 1.41. The van der Waals surface area contributed by atoms with Crippen molar-refractivity contribution in [3.8, 4) is 0 Å². The van der Waals surface area contributed by atoms with Crippen molar-refractivity contribution in [2.45, 2.75) is 6.92 Å². The molecule has 0 fully saturated rings. The number of likely N-dealkylation sites (N-methyl/N-ethyl adjacent to an activating group) is 1. The Kier molecular flexibility index (Phi) is 5.51. The molecule has 5 nitrogen and oxygen atoms in total. The summed E-state index contributed by atoms with van der Waals surface area (Å²) in [7, 11) is 3.83. The van der Waals surface area contributed by atoms with E-state index in [1.54, 1.807) is 0 Å². The lowest BCUT2D eigenvalue weighted by Gasteiger charge is -2.12. The first-order chi connectivity index (χ1) is 8.54. The minimum absolute atomic E-state index is 0.232. The number of anilines is 1. The van der Waals surface area contributed by atoms with Gasteiger partial charge >= 0.3 is 0 Å². The van der Waals surface area contributed by atoms with Gasteiger partial charge in [-0.1, -0.05) is 0 Å². The van der Waals surface area contributed by atoms with Crippen molar-refractivity contribution in [2.75, 3.05) is 39.0 Å². The van der Waals surface area contributed by atoms with Gasteiger partial charge in [-0.25, -0.2) is 9.37 Å². The van der Waals surface area contributed by atoms with E-state index in [4.69, 9.17) is 0 Å². The van der Waals surface area contributed by atoms with Gasteiger partial charge in [0, 0.05) is 19.6 Å². The topological polar surface area (TPSA) is 57.3 Å². The Morgan fingerprint density at radius 3 is 2.83 bits per heavy atom. The van der Waals surface area contributed by atoms with E-state index in [0.29, 0.717) is 18.9 Å². The third-order valence-electron chi connectivity index (χ3n) is 2.29. The largest absolute Gasteiger partial charge is 0.370 e. The van der Waals surface area contributed by atoms with Crippen molar-refractivity contribution < 1.29 is 9.18 Å². The summed E-state index contributed by atoms with van der Waals surface area (Å²) in [5.74, 6) is -0.435. The lowest BCUT2D eigenvalue weighted by atomic mass is 10.2. The Balaban J connectivity index is 2.73. The fraction of sp³-hybridized carbons (Fsp3) is 0.500. The molecule has 1 aromatic rings. The molecule has 100 valence electrons. The lowest BCUT2D eigenvalue weighted by molar-refractivity contribution is 0.0951. The SMILES string of the molecule is CCNc1ncc(F)cc1C(=O)NCCN(C)C. The average Bonchev–Trinajstić information content (AvgIpc) is 2.31. The molecule has 1 rings (SSSR count). The zero-order chi connectivity index (χ0) is 13.5. The number of rotatable bonds is 6. The van der Waals surface area contributed by atoms with Gasteiger partial charge in [0.25, 0.3) is 5.91 Å². The van der Waals surface area contributed by atoms with Gasteiger partial charge in [-0.15, -0.1) is 0 Å². The third-order valence-corrected chi connectivity index (χ3v) is 2.29. The summed E-state index contributed by atoms with van der Waals surface area (Å²) in [5, 5.41) is 5.66. The smallest absolute Gasteiger partial charge is 0.255 e. The number of aromatic nitrogens is 1. The van der Waals surface area contributed by atoms with Gasteiger partial charge in [-0.2, -0.15) is 0 Å². The number of halogens is 1. The number of nitrogens with one attached hydrogen (secondary N) is 2. The number of amides is 1. The highest BCUT2D eigenvalue weighted by atomic mass is 19.1. The van der Waals surface area contributed by atoms with Crippen LogP contribution in [0, 0.1) is 5.82 Å². The molecule has 1 aromatic heterocycles. The second kappa shape index (κ2) is 6.90. The molecule has 1 heterocycles. The van der Waals surface area contributed by atoms with E-state index in [1.807, 2.05) is 25.9 Å². The minimum atomic E-state index is -0.519. The van der Waals surface area contributed by atoms with Crippen molar-refractivity contribution in [2.24, 2.45) is 0 Å². The van der Waals surface area contributed by atoms with Crippen LogP contribution >= 0.6 is 0 Å². The standard InChI is InChI=1S/C12H19FN4O/c1-4-14-11-10(7-9(13)8-16-11)12(18)15-5-6-17(2)3/h7-8H,4-6H2,1-3H3,(H,14,16)(H,15,18). The summed E-state index contributed by atoms with van der Waals surface area (Å²) in [6, 6.07) is 1.19. The van der Waals surface area contributed by atoms with Gasteiger partial charge in [0.15, 0.2) is 0 Å². The summed E-state index contributed by atoms with van der Waals surface area (Å²) in [6.07, 6.45) is 1.09. The van der Waals surface area contributed by atoms with Gasteiger partial charge < -0.3 is 15.5 Å². The van der Waals surface area contributed by atoms with Crippen LogP contribution in [0.15, 0.2) is 12.3 Å². The van der Waals surface area contributed by atoms with Gasteiger partial charge in [0.1, 0.15) is 11.6 Å². The fourth-order valence-corrected chi connectivity index (χ4v) is 1.41. The van der Waals surface area contributed by atoms with Crippen LogP contribution < -0.4 is 10.6 Å². The number of pyridine rings is 1. The van der Waals surface area contributed by atoms with Crippen LogP contribution in [0.1, 0.15) is 17.3 Å². The maximum atomic E-state index is 13.1. The molecule has 0 saturated carbocycles. The van der Waals surface area contributed by atoms with Crippen LogP contribution in [0.3, 0.4) is 0 Å². The highest BCUT2D eigenvalue weighted by Gasteiger charge is 2.13. The molecule has 0 radical (unpaired) electrons. The van der Waals surface area contributed by atoms with Crippen molar-refractivity contribution in [1.29, 1.82) is 0 Å². The van der Waals surface area contributed by atoms with Crippen molar-refractivity contribution in [1.82, 2.24) is 15.2 Å². The number of carbonyl (C=O) groups is 1. The average molecular weight is 254 g/mol. The molecule has 0 bridgehead atoms. The monoisotopic (exact) mass is 254 g/mol. The lowest BCUT2D eigenvalue weighted by Crippen LogP contribution is -2.32. The predicted octanol–water partition coefficient (Wildman–Crippen LogP) is 0.944. The van der Waals surface area contributed by atoms with Crippen LogP contribution in [0.25, 0.3) is 0 Å². The van der Waals surface area contributed by atoms with E-state index >= 15 is 0 Å². The molecular formula is C12H19FN4O.